The summed E-state index contributed by atoms with van der Waals surface area (Å²) in [6, 6.07) is 9.61. The molecule has 0 atom stereocenters. The Balaban J connectivity index is 1.45. The molecule has 120 valence electrons. The van der Waals surface area contributed by atoms with Crippen LogP contribution in [-0.4, -0.2) is 91.6 Å². The maximum absolute atomic E-state index is 12.4. The van der Waals surface area contributed by atoms with Crippen molar-refractivity contribution < 1.29 is 4.79 Å². The molecule has 1 aromatic rings. The van der Waals surface area contributed by atoms with E-state index in [2.05, 4.69) is 21.7 Å². The van der Waals surface area contributed by atoms with Crippen LogP contribution in [0.5, 0.6) is 0 Å². The lowest BCUT2D eigenvalue weighted by Gasteiger charge is -2.40. The Labute approximate surface area is 133 Å². The summed E-state index contributed by atoms with van der Waals surface area (Å²) in [5.41, 5.74) is 0.801. The molecule has 2 fully saturated rings. The molecule has 3 rings (SSSR count). The van der Waals surface area contributed by atoms with Crippen LogP contribution in [0, 0.1) is 0 Å². The molecule has 0 aromatic heterocycles. The van der Waals surface area contributed by atoms with Crippen LogP contribution in [-0.2, 0) is 0 Å². The van der Waals surface area contributed by atoms with Crippen molar-refractivity contribution in [1.29, 1.82) is 0 Å². The summed E-state index contributed by atoms with van der Waals surface area (Å²) in [7, 11) is 2.19. The summed E-state index contributed by atoms with van der Waals surface area (Å²) < 4.78 is 0. The number of piperazine rings is 2. The predicted molar refractivity (Wildman–Crippen MR) is 87.9 cm³/mol. The summed E-state index contributed by atoms with van der Waals surface area (Å²) >= 11 is 0. The summed E-state index contributed by atoms with van der Waals surface area (Å²) in [5, 5.41) is 0. The molecule has 1 aromatic carbocycles. The normalized spacial score (nSPS) is 22.0. The highest BCUT2D eigenvalue weighted by Gasteiger charge is 2.24. The SMILES string of the molecule is CN1CCN(CN2CCN(C(=O)c3ccccc3)CC2)CC1. The van der Waals surface area contributed by atoms with Crippen molar-refractivity contribution in [3.8, 4) is 0 Å². The summed E-state index contributed by atoms with van der Waals surface area (Å²) in [6.45, 7) is 9.29. The van der Waals surface area contributed by atoms with Crippen molar-refractivity contribution in [3.05, 3.63) is 35.9 Å². The number of carbonyl (C=O) groups excluding carboxylic acids is 1. The van der Waals surface area contributed by atoms with Gasteiger partial charge in [0, 0.05) is 57.9 Å². The molecular formula is C17H26N4O. The van der Waals surface area contributed by atoms with Gasteiger partial charge in [0.1, 0.15) is 0 Å². The van der Waals surface area contributed by atoms with Crippen molar-refractivity contribution in [2.24, 2.45) is 0 Å². The fraction of sp³-hybridized carbons (Fsp3) is 0.588. The lowest BCUT2D eigenvalue weighted by Crippen LogP contribution is -2.54. The minimum absolute atomic E-state index is 0.167. The minimum Gasteiger partial charge on any atom is -0.336 e. The van der Waals surface area contributed by atoms with Crippen molar-refractivity contribution in [1.82, 2.24) is 19.6 Å². The first-order valence-electron chi connectivity index (χ1n) is 8.20. The molecule has 22 heavy (non-hydrogen) atoms. The number of carbonyl (C=O) groups is 1. The largest absolute Gasteiger partial charge is 0.336 e. The number of rotatable bonds is 3. The van der Waals surface area contributed by atoms with Crippen LogP contribution in [0.15, 0.2) is 30.3 Å². The second kappa shape index (κ2) is 7.22. The molecule has 1 amide bonds. The van der Waals surface area contributed by atoms with Crippen LogP contribution in [0.3, 0.4) is 0 Å². The Morgan fingerprint density at radius 2 is 1.41 bits per heavy atom. The van der Waals surface area contributed by atoms with Gasteiger partial charge in [-0.2, -0.15) is 0 Å². The van der Waals surface area contributed by atoms with E-state index in [0.29, 0.717) is 0 Å². The molecule has 0 bridgehead atoms. The van der Waals surface area contributed by atoms with E-state index >= 15 is 0 Å². The third kappa shape index (κ3) is 3.85. The van der Waals surface area contributed by atoms with Gasteiger partial charge >= 0.3 is 0 Å². The van der Waals surface area contributed by atoms with Gasteiger partial charge in [0.15, 0.2) is 0 Å². The van der Waals surface area contributed by atoms with E-state index in [1.54, 1.807) is 0 Å². The van der Waals surface area contributed by atoms with Gasteiger partial charge in [-0.1, -0.05) is 18.2 Å². The molecular weight excluding hydrogens is 276 g/mol. The van der Waals surface area contributed by atoms with Gasteiger partial charge in [-0.25, -0.2) is 0 Å². The smallest absolute Gasteiger partial charge is 0.253 e. The number of hydrogen-bond donors (Lipinski definition) is 0. The van der Waals surface area contributed by atoms with Gasteiger partial charge in [-0.05, 0) is 19.2 Å². The summed E-state index contributed by atoms with van der Waals surface area (Å²) in [4.78, 5) is 21.8. The summed E-state index contributed by atoms with van der Waals surface area (Å²) in [5.74, 6) is 0.167. The van der Waals surface area contributed by atoms with E-state index in [-0.39, 0.29) is 5.91 Å². The topological polar surface area (TPSA) is 30.0 Å². The van der Waals surface area contributed by atoms with E-state index in [4.69, 9.17) is 0 Å². The summed E-state index contributed by atoms with van der Waals surface area (Å²) in [6.07, 6.45) is 0. The second-order valence-corrected chi connectivity index (χ2v) is 6.34. The Morgan fingerprint density at radius 3 is 2.00 bits per heavy atom. The average molecular weight is 302 g/mol. The molecule has 0 aliphatic carbocycles. The first-order valence-corrected chi connectivity index (χ1v) is 8.20. The van der Waals surface area contributed by atoms with Crippen molar-refractivity contribution in [2.75, 3.05) is 66.1 Å². The number of hydrogen-bond acceptors (Lipinski definition) is 4. The number of nitrogens with zero attached hydrogens (tertiary/aromatic N) is 4. The van der Waals surface area contributed by atoms with Crippen molar-refractivity contribution in [2.45, 2.75) is 0 Å². The number of likely N-dealkylation sites (N-methyl/N-ethyl adjacent to an activating group) is 1. The second-order valence-electron chi connectivity index (χ2n) is 6.34. The van der Waals surface area contributed by atoms with Crippen LogP contribution >= 0.6 is 0 Å². The van der Waals surface area contributed by atoms with Crippen LogP contribution in [0.25, 0.3) is 0 Å². The van der Waals surface area contributed by atoms with Gasteiger partial charge in [-0.15, -0.1) is 0 Å². The van der Waals surface area contributed by atoms with Gasteiger partial charge < -0.3 is 9.80 Å². The molecule has 0 spiro atoms. The molecule has 5 heteroatoms. The van der Waals surface area contributed by atoms with E-state index in [9.17, 15) is 4.79 Å². The quantitative estimate of drug-likeness (QED) is 0.820. The number of benzene rings is 1. The van der Waals surface area contributed by atoms with Gasteiger partial charge in [-0.3, -0.25) is 14.6 Å². The van der Waals surface area contributed by atoms with Crippen LogP contribution in [0.1, 0.15) is 10.4 Å². The Morgan fingerprint density at radius 1 is 0.864 bits per heavy atom. The molecule has 2 saturated heterocycles. The van der Waals surface area contributed by atoms with Crippen molar-refractivity contribution in [3.63, 3.8) is 0 Å². The van der Waals surface area contributed by atoms with Crippen molar-refractivity contribution >= 4 is 5.91 Å². The zero-order valence-electron chi connectivity index (χ0n) is 13.4. The van der Waals surface area contributed by atoms with Crippen LogP contribution < -0.4 is 0 Å². The van der Waals surface area contributed by atoms with Gasteiger partial charge in [0.05, 0.1) is 6.67 Å². The first-order chi connectivity index (χ1) is 10.7. The van der Waals surface area contributed by atoms with E-state index in [1.807, 2.05) is 35.2 Å². The third-order valence-electron chi connectivity index (χ3n) is 4.68. The Kier molecular flexibility index (Phi) is 5.08. The fourth-order valence-electron chi connectivity index (χ4n) is 3.13. The predicted octanol–water partition coefficient (Wildman–Crippen LogP) is 0.649. The van der Waals surface area contributed by atoms with Gasteiger partial charge in [0.2, 0.25) is 0 Å². The van der Waals surface area contributed by atoms with Crippen LogP contribution in [0.2, 0.25) is 0 Å². The molecule has 2 heterocycles. The first kappa shape index (κ1) is 15.5. The average Bonchev–Trinajstić information content (AvgIpc) is 2.58. The zero-order chi connectivity index (χ0) is 15.4. The van der Waals surface area contributed by atoms with E-state index in [0.717, 1.165) is 64.6 Å². The lowest BCUT2D eigenvalue weighted by molar-refractivity contribution is 0.0415. The maximum atomic E-state index is 12.4. The lowest BCUT2D eigenvalue weighted by atomic mass is 10.2. The maximum Gasteiger partial charge on any atom is 0.253 e. The highest BCUT2D eigenvalue weighted by molar-refractivity contribution is 5.94. The van der Waals surface area contributed by atoms with Crippen LogP contribution in [0.4, 0.5) is 0 Å². The molecule has 0 saturated carbocycles. The molecule has 0 radical (unpaired) electrons. The highest BCUT2D eigenvalue weighted by atomic mass is 16.2. The minimum atomic E-state index is 0.167. The standard InChI is InChI=1S/C17H26N4O/c1-18-7-9-19(10-8-18)15-20-11-13-21(14-12-20)17(22)16-5-3-2-4-6-16/h2-6H,7-15H2,1H3. The monoisotopic (exact) mass is 302 g/mol. The molecule has 2 aliphatic rings. The highest BCUT2D eigenvalue weighted by Crippen LogP contribution is 2.10. The molecule has 2 aliphatic heterocycles. The van der Waals surface area contributed by atoms with Gasteiger partial charge in [0.25, 0.3) is 5.91 Å². The van der Waals surface area contributed by atoms with E-state index in [1.165, 1.54) is 0 Å². The Hall–Kier alpha value is -1.43. The third-order valence-corrected chi connectivity index (χ3v) is 4.68. The Bertz CT molecular complexity index is 477. The number of amides is 1. The molecule has 0 unspecified atom stereocenters. The van der Waals surface area contributed by atoms with E-state index < -0.39 is 0 Å². The fourth-order valence-corrected chi connectivity index (χ4v) is 3.13. The zero-order valence-corrected chi connectivity index (χ0v) is 13.4. The molecule has 5 nitrogen and oxygen atoms in total. The molecule has 0 N–H and O–H groups in total.